The summed E-state index contributed by atoms with van der Waals surface area (Å²) in [5, 5.41) is 8.93. The van der Waals surface area contributed by atoms with Crippen molar-refractivity contribution in [2.75, 3.05) is 46.0 Å². The molecule has 3 nitrogen and oxygen atoms in total. The monoisotopic (exact) mass is 442 g/mol. The van der Waals surface area contributed by atoms with Crippen molar-refractivity contribution in [2.45, 2.75) is 136 Å². The van der Waals surface area contributed by atoms with E-state index in [-0.39, 0.29) is 6.61 Å². The van der Waals surface area contributed by atoms with Crippen LogP contribution < -0.4 is 0 Å². The molecule has 0 rings (SSSR count). The zero-order chi connectivity index (χ0) is 22.9. The molecule has 31 heavy (non-hydrogen) atoms. The molecule has 0 aromatic carbocycles. The second-order valence-corrected chi connectivity index (χ2v) is 9.88. The van der Waals surface area contributed by atoms with Gasteiger partial charge in [-0.2, -0.15) is 0 Å². The van der Waals surface area contributed by atoms with E-state index >= 15 is 0 Å². The number of ether oxygens (including phenoxy) is 1. The molecule has 0 saturated heterocycles. The van der Waals surface area contributed by atoms with Crippen molar-refractivity contribution in [2.24, 2.45) is 0 Å². The van der Waals surface area contributed by atoms with Gasteiger partial charge in [0.1, 0.15) is 6.54 Å². The Morgan fingerprint density at radius 2 is 0.871 bits per heavy atom. The van der Waals surface area contributed by atoms with E-state index in [0.717, 1.165) is 13.2 Å². The molecular weight excluding hydrogens is 382 g/mol. The van der Waals surface area contributed by atoms with Gasteiger partial charge < -0.3 is 14.3 Å². The number of hydrogen-bond donors (Lipinski definition) is 1. The first-order valence-electron chi connectivity index (χ1n) is 14.3. The predicted molar refractivity (Wildman–Crippen MR) is 138 cm³/mol. The zero-order valence-electron chi connectivity index (χ0n) is 22.0. The lowest BCUT2D eigenvalue weighted by molar-refractivity contribution is -0.928. The number of aliphatic hydroxyl groups excluding tert-OH is 1. The number of nitrogens with zero attached hydrogens (tertiary/aromatic N) is 1. The minimum Gasteiger partial charge on any atom is -0.394 e. The summed E-state index contributed by atoms with van der Waals surface area (Å²) in [6.07, 6.45) is 25.5. The molecule has 188 valence electrons. The number of rotatable bonds is 26. The third-order valence-electron chi connectivity index (χ3n) is 6.83. The van der Waals surface area contributed by atoms with Gasteiger partial charge in [0.05, 0.1) is 39.5 Å². The summed E-state index contributed by atoms with van der Waals surface area (Å²) in [7, 11) is 0. The quantitative estimate of drug-likeness (QED) is 0.109. The maximum Gasteiger partial charge on any atom is 0.102 e. The Labute approximate surface area is 196 Å². The second-order valence-electron chi connectivity index (χ2n) is 9.88. The smallest absolute Gasteiger partial charge is 0.102 e. The predicted octanol–water partition coefficient (Wildman–Crippen LogP) is 7.89. The highest BCUT2D eigenvalue weighted by Crippen LogP contribution is 2.16. The highest BCUT2D eigenvalue weighted by molar-refractivity contribution is 4.52. The average molecular weight is 443 g/mol. The minimum atomic E-state index is 0.140. The van der Waals surface area contributed by atoms with E-state index in [1.165, 1.54) is 140 Å². The van der Waals surface area contributed by atoms with Crippen molar-refractivity contribution in [1.82, 2.24) is 0 Å². The molecule has 0 amide bonds. The summed E-state index contributed by atoms with van der Waals surface area (Å²) in [5.74, 6) is 0. The summed E-state index contributed by atoms with van der Waals surface area (Å²) in [4.78, 5) is 0. The van der Waals surface area contributed by atoms with Crippen LogP contribution in [-0.2, 0) is 4.74 Å². The van der Waals surface area contributed by atoms with E-state index in [9.17, 15) is 0 Å². The molecule has 1 N–H and O–H groups in total. The fraction of sp³-hybridized carbons (Fsp3) is 1.00. The molecule has 0 unspecified atom stereocenters. The Hall–Kier alpha value is -0.120. The van der Waals surface area contributed by atoms with Crippen LogP contribution in [0.2, 0.25) is 0 Å². The zero-order valence-corrected chi connectivity index (χ0v) is 22.0. The number of unbranched alkanes of at least 4 members (excludes halogenated alkanes) is 15. The van der Waals surface area contributed by atoms with Crippen LogP contribution in [-0.4, -0.2) is 55.6 Å². The van der Waals surface area contributed by atoms with Gasteiger partial charge in [-0.1, -0.05) is 111 Å². The summed E-state index contributed by atoms with van der Waals surface area (Å²) < 4.78 is 6.82. The normalized spacial score (nSPS) is 12.0. The highest BCUT2D eigenvalue weighted by atomic mass is 16.5. The molecule has 0 spiro atoms. The van der Waals surface area contributed by atoms with Gasteiger partial charge in [0, 0.05) is 0 Å². The molecular formula is C28H60NO2+. The summed E-state index contributed by atoms with van der Waals surface area (Å²) in [5.41, 5.74) is 0. The van der Waals surface area contributed by atoms with Crippen molar-refractivity contribution in [3.63, 3.8) is 0 Å². The Morgan fingerprint density at radius 1 is 0.452 bits per heavy atom. The van der Waals surface area contributed by atoms with Crippen LogP contribution >= 0.6 is 0 Å². The minimum absolute atomic E-state index is 0.140. The van der Waals surface area contributed by atoms with E-state index in [1.54, 1.807) is 0 Å². The molecule has 3 heteroatoms. The second kappa shape index (κ2) is 24.5. The van der Waals surface area contributed by atoms with Crippen LogP contribution in [0.15, 0.2) is 0 Å². The van der Waals surface area contributed by atoms with Gasteiger partial charge >= 0.3 is 0 Å². The molecule has 0 aromatic heterocycles. The Morgan fingerprint density at radius 3 is 1.26 bits per heavy atom. The lowest BCUT2D eigenvalue weighted by Gasteiger charge is -2.38. The molecule has 0 aliphatic heterocycles. The molecule has 0 aliphatic rings. The van der Waals surface area contributed by atoms with Crippen LogP contribution in [0.3, 0.4) is 0 Å². The standard InChI is InChI=1S/C28H60NO2/c1-4-7-8-9-10-11-12-13-14-15-16-17-18-19-20-21-24-29(22-5-2,23-6-3)25-27-31-28-26-30/h30H,4-28H2,1-3H3/q+1. The van der Waals surface area contributed by atoms with Gasteiger partial charge in [0.15, 0.2) is 0 Å². The van der Waals surface area contributed by atoms with E-state index in [4.69, 9.17) is 9.84 Å². The maximum atomic E-state index is 8.93. The maximum absolute atomic E-state index is 8.93. The van der Waals surface area contributed by atoms with Crippen molar-refractivity contribution in [3.8, 4) is 0 Å². The molecule has 0 fully saturated rings. The van der Waals surface area contributed by atoms with Crippen molar-refractivity contribution < 1.29 is 14.3 Å². The number of hydrogen-bond acceptors (Lipinski definition) is 2. The molecule has 0 aromatic rings. The lowest BCUT2D eigenvalue weighted by atomic mass is 10.0. The molecule has 0 aliphatic carbocycles. The van der Waals surface area contributed by atoms with Crippen LogP contribution in [0, 0.1) is 0 Å². The van der Waals surface area contributed by atoms with E-state index in [1.807, 2.05) is 0 Å². The average Bonchev–Trinajstić information content (AvgIpc) is 2.77. The van der Waals surface area contributed by atoms with Gasteiger partial charge in [-0.05, 0) is 25.7 Å². The molecule has 0 saturated carbocycles. The molecule has 0 heterocycles. The third-order valence-corrected chi connectivity index (χ3v) is 6.83. The Bertz CT molecular complexity index is 329. The summed E-state index contributed by atoms with van der Waals surface area (Å²) >= 11 is 0. The van der Waals surface area contributed by atoms with Gasteiger partial charge in [-0.25, -0.2) is 0 Å². The first-order chi connectivity index (χ1) is 15.2. The van der Waals surface area contributed by atoms with E-state index < -0.39 is 0 Å². The topological polar surface area (TPSA) is 29.5 Å². The largest absolute Gasteiger partial charge is 0.394 e. The SMILES string of the molecule is CCCCCCCCCCCCCCCCCC[N+](CCC)(CCC)CCOCCO. The molecule has 0 bridgehead atoms. The van der Waals surface area contributed by atoms with Crippen molar-refractivity contribution in [3.05, 3.63) is 0 Å². The first-order valence-corrected chi connectivity index (χ1v) is 14.3. The highest BCUT2D eigenvalue weighted by Gasteiger charge is 2.24. The Balaban J connectivity index is 3.65. The van der Waals surface area contributed by atoms with Crippen LogP contribution in [0.25, 0.3) is 0 Å². The van der Waals surface area contributed by atoms with Crippen molar-refractivity contribution >= 4 is 0 Å². The van der Waals surface area contributed by atoms with Gasteiger partial charge in [0.2, 0.25) is 0 Å². The third kappa shape index (κ3) is 20.2. The van der Waals surface area contributed by atoms with Gasteiger partial charge in [-0.15, -0.1) is 0 Å². The van der Waals surface area contributed by atoms with Gasteiger partial charge in [-0.3, -0.25) is 0 Å². The number of aliphatic hydroxyl groups is 1. The molecule has 0 radical (unpaired) electrons. The van der Waals surface area contributed by atoms with Crippen LogP contribution in [0.4, 0.5) is 0 Å². The van der Waals surface area contributed by atoms with Crippen molar-refractivity contribution in [1.29, 1.82) is 0 Å². The van der Waals surface area contributed by atoms with E-state index in [0.29, 0.717) is 6.61 Å². The van der Waals surface area contributed by atoms with E-state index in [2.05, 4.69) is 20.8 Å². The van der Waals surface area contributed by atoms with Crippen LogP contribution in [0.1, 0.15) is 136 Å². The summed E-state index contributed by atoms with van der Waals surface area (Å²) in [6, 6.07) is 0. The summed E-state index contributed by atoms with van der Waals surface area (Å²) in [6.45, 7) is 13.3. The Kier molecular flexibility index (Phi) is 24.4. The lowest BCUT2D eigenvalue weighted by Crippen LogP contribution is -2.51. The van der Waals surface area contributed by atoms with Gasteiger partial charge in [0.25, 0.3) is 0 Å². The fourth-order valence-corrected chi connectivity index (χ4v) is 5.04. The van der Waals surface area contributed by atoms with Crippen LogP contribution in [0.5, 0.6) is 0 Å². The molecule has 0 atom stereocenters. The number of quaternary nitrogens is 1. The fourth-order valence-electron chi connectivity index (χ4n) is 5.04. The first kappa shape index (κ1) is 30.9.